The molecule has 0 saturated heterocycles. The maximum absolute atomic E-state index is 9.00. The fraction of sp³-hybridized carbons (Fsp3) is 0.167. The van der Waals surface area contributed by atoms with E-state index in [9.17, 15) is 0 Å². The van der Waals surface area contributed by atoms with Crippen LogP contribution in [0, 0.1) is 0 Å². The maximum atomic E-state index is 9.00. The summed E-state index contributed by atoms with van der Waals surface area (Å²) in [5.41, 5.74) is 1.17. The molecule has 1 aromatic rings. The lowest BCUT2D eigenvalue weighted by Crippen LogP contribution is -1.78. The third-order valence-electron chi connectivity index (χ3n) is 1.04. The summed E-state index contributed by atoms with van der Waals surface area (Å²) in [5.74, 6) is -1.67. The summed E-state index contributed by atoms with van der Waals surface area (Å²) in [6.07, 6.45) is 1.83. The van der Waals surface area contributed by atoms with Crippen molar-refractivity contribution in [1.82, 2.24) is 0 Å². The van der Waals surface area contributed by atoms with Gasteiger partial charge in [0.1, 0.15) is 0 Å². The van der Waals surface area contributed by atoms with Crippen molar-refractivity contribution in [2.75, 3.05) is 0 Å². The summed E-state index contributed by atoms with van der Waals surface area (Å²) in [7, 11) is 0. The molecule has 2 N–H and O–H groups in total. The van der Waals surface area contributed by atoms with E-state index in [1.54, 1.807) is 0 Å². The van der Waals surface area contributed by atoms with Crippen molar-refractivity contribution in [3.8, 4) is 0 Å². The molecule has 88 valence electrons. The molecule has 4 heteroatoms. The molecule has 0 radical (unpaired) electrons. The van der Waals surface area contributed by atoms with Crippen LogP contribution in [0.2, 0.25) is 0 Å². The van der Waals surface area contributed by atoms with Crippen LogP contribution in [0.25, 0.3) is 6.08 Å². The van der Waals surface area contributed by atoms with Gasteiger partial charge in [-0.1, -0.05) is 43.0 Å². The lowest BCUT2D eigenvalue weighted by Gasteiger charge is -1.85. The Morgan fingerprint density at radius 3 is 1.56 bits per heavy atom. The third kappa shape index (κ3) is 22.7. The van der Waals surface area contributed by atoms with Gasteiger partial charge >= 0.3 is 0 Å². The van der Waals surface area contributed by atoms with Crippen LogP contribution in [0.5, 0.6) is 0 Å². The van der Waals surface area contributed by atoms with Gasteiger partial charge in [0, 0.05) is 13.8 Å². The Bertz CT molecular complexity index is 297. The van der Waals surface area contributed by atoms with Crippen LogP contribution in [0.15, 0.2) is 36.9 Å². The average molecular weight is 224 g/mol. The van der Waals surface area contributed by atoms with Crippen molar-refractivity contribution in [1.29, 1.82) is 0 Å². The van der Waals surface area contributed by atoms with Gasteiger partial charge in [-0.3, -0.25) is 9.59 Å². The molecular weight excluding hydrogens is 208 g/mol. The van der Waals surface area contributed by atoms with Gasteiger partial charge in [-0.15, -0.1) is 0 Å². The number of hydrogen-bond acceptors (Lipinski definition) is 2. The summed E-state index contributed by atoms with van der Waals surface area (Å²) in [4.78, 5) is 18.0. The van der Waals surface area contributed by atoms with Gasteiger partial charge in [-0.2, -0.15) is 0 Å². The molecule has 0 aromatic heterocycles. The fourth-order valence-corrected chi connectivity index (χ4v) is 0.589. The number of rotatable bonds is 1. The fourth-order valence-electron chi connectivity index (χ4n) is 0.589. The second kappa shape index (κ2) is 11.0. The Morgan fingerprint density at radius 1 is 1.06 bits per heavy atom. The minimum absolute atomic E-state index is 0.833. The molecule has 0 aliphatic heterocycles. The van der Waals surface area contributed by atoms with E-state index >= 15 is 0 Å². The summed E-state index contributed by atoms with van der Waals surface area (Å²) in [6.45, 7) is 5.80. The van der Waals surface area contributed by atoms with Crippen LogP contribution in [0.4, 0.5) is 0 Å². The van der Waals surface area contributed by atoms with Crippen molar-refractivity contribution < 1.29 is 19.8 Å². The van der Waals surface area contributed by atoms with E-state index in [4.69, 9.17) is 19.8 Å². The minimum Gasteiger partial charge on any atom is -0.481 e. The molecule has 0 aliphatic carbocycles. The van der Waals surface area contributed by atoms with Crippen LogP contribution in [-0.2, 0) is 9.59 Å². The normalized spacial score (nSPS) is 7.38. The Hall–Kier alpha value is -2.10. The van der Waals surface area contributed by atoms with E-state index in [2.05, 4.69) is 6.58 Å². The Kier molecular flexibility index (Phi) is 11.2. The van der Waals surface area contributed by atoms with Crippen molar-refractivity contribution >= 4 is 18.0 Å². The molecule has 1 rings (SSSR count). The first-order valence-corrected chi connectivity index (χ1v) is 4.46. The first-order chi connectivity index (χ1) is 7.40. The molecule has 0 unspecified atom stereocenters. The van der Waals surface area contributed by atoms with Gasteiger partial charge in [0.2, 0.25) is 0 Å². The quantitative estimate of drug-likeness (QED) is 0.768. The standard InChI is InChI=1S/C8H8.2C2H4O2/c1-2-8-6-4-3-5-7-8;2*1-2(3)4/h2-7H,1H2;2*1H3,(H,3,4). The summed E-state index contributed by atoms with van der Waals surface area (Å²) in [6, 6.07) is 10.0. The van der Waals surface area contributed by atoms with Crippen LogP contribution in [0.1, 0.15) is 19.4 Å². The zero-order valence-electron chi connectivity index (χ0n) is 9.38. The molecule has 1 aromatic carbocycles. The predicted molar refractivity (Wildman–Crippen MR) is 63.2 cm³/mol. The Labute approximate surface area is 94.9 Å². The van der Waals surface area contributed by atoms with E-state index in [-0.39, 0.29) is 0 Å². The Balaban J connectivity index is 0. The molecule has 0 spiro atoms. The second-order valence-corrected chi connectivity index (χ2v) is 2.65. The molecule has 0 bridgehead atoms. The SMILES string of the molecule is C=Cc1ccccc1.CC(=O)O.CC(=O)O. The lowest BCUT2D eigenvalue weighted by atomic mass is 10.2. The molecule has 0 aliphatic rings. The van der Waals surface area contributed by atoms with E-state index in [0.717, 1.165) is 13.8 Å². The number of carboxylic acid groups (broad SMARTS) is 2. The first kappa shape index (κ1) is 16.3. The summed E-state index contributed by atoms with van der Waals surface area (Å²) < 4.78 is 0. The average Bonchev–Trinajstić information content (AvgIpc) is 2.17. The zero-order chi connectivity index (χ0) is 13.0. The van der Waals surface area contributed by atoms with Crippen LogP contribution >= 0.6 is 0 Å². The minimum atomic E-state index is -0.833. The number of aliphatic carboxylic acids is 2. The molecule has 0 saturated carbocycles. The molecule has 0 atom stereocenters. The molecular formula is C12H16O4. The van der Waals surface area contributed by atoms with Crippen LogP contribution in [0.3, 0.4) is 0 Å². The summed E-state index contributed by atoms with van der Waals surface area (Å²) in [5, 5.41) is 14.8. The van der Waals surface area contributed by atoms with Crippen molar-refractivity contribution in [3.63, 3.8) is 0 Å². The van der Waals surface area contributed by atoms with Gasteiger partial charge in [-0.25, -0.2) is 0 Å². The van der Waals surface area contributed by atoms with Gasteiger partial charge in [-0.05, 0) is 5.56 Å². The predicted octanol–water partition coefficient (Wildman–Crippen LogP) is 2.51. The second-order valence-electron chi connectivity index (χ2n) is 2.65. The van der Waals surface area contributed by atoms with E-state index in [1.807, 2.05) is 36.4 Å². The van der Waals surface area contributed by atoms with Gasteiger partial charge in [0.15, 0.2) is 0 Å². The van der Waals surface area contributed by atoms with Crippen molar-refractivity contribution in [3.05, 3.63) is 42.5 Å². The lowest BCUT2D eigenvalue weighted by molar-refractivity contribution is -0.135. The number of carbonyl (C=O) groups is 2. The highest BCUT2D eigenvalue weighted by atomic mass is 16.4. The topological polar surface area (TPSA) is 74.6 Å². The van der Waals surface area contributed by atoms with Gasteiger partial charge in [0.05, 0.1) is 0 Å². The number of benzene rings is 1. The van der Waals surface area contributed by atoms with E-state index < -0.39 is 11.9 Å². The Morgan fingerprint density at radius 2 is 1.38 bits per heavy atom. The van der Waals surface area contributed by atoms with Crippen LogP contribution in [-0.4, -0.2) is 22.2 Å². The molecule has 0 fully saturated rings. The van der Waals surface area contributed by atoms with Crippen molar-refractivity contribution in [2.45, 2.75) is 13.8 Å². The number of hydrogen-bond donors (Lipinski definition) is 2. The highest BCUT2D eigenvalue weighted by molar-refractivity contribution is 5.63. The van der Waals surface area contributed by atoms with Gasteiger partial charge in [0.25, 0.3) is 11.9 Å². The highest BCUT2D eigenvalue weighted by Crippen LogP contribution is 1.97. The highest BCUT2D eigenvalue weighted by Gasteiger charge is 1.75. The zero-order valence-corrected chi connectivity index (χ0v) is 9.38. The third-order valence-corrected chi connectivity index (χ3v) is 1.04. The van der Waals surface area contributed by atoms with E-state index in [0.29, 0.717) is 0 Å². The maximum Gasteiger partial charge on any atom is 0.300 e. The molecule has 16 heavy (non-hydrogen) atoms. The molecule has 0 heterocycles. The van der Waals surface area contributed by atoms with Crippen molar-refractivity contribution in [2.24, 2.45) is 0 Å². The molecule has 0 amide bonds. The van der Waals surface area contributed by atoms with Crippen LogP contribution < -0.4 is 0 Å². The monoisotopic (exact) mass is 224 g/mol. The van der Waals surface area contributed by atoms with E-state index in [1.165, 1.54) is 5.56 Å². The largest absolute Gasteiger partial charge is 0.481 e. The summed E-state index contributed by atoms with van der Waals surface area (Å²) >= 11 is 0. The van der Waals surface area contributed by atoms with Gasteiger partial charge < -0.3 is 10.2 Å². The first-order valence-electron chi connectivity index (χ1n) is 4.46. The molecule has 4 nitrogen and oxygen atoms in total. The number of carboxylic acids is 2. The smallest absolute Gasteiger partial charge is 0.300 e.